The maximum Gasteiger partial charge on any atom is 0.227 e. The number of halogens is 2. The molecule has 148 valence electrons. The molecule has 3 rings (SSSR count). The predicted octanol–water partition coefficient (Wildman–Crippen LogP) is 3.94. The average Bonchev–Trinajstić information content (AvgIpc) is 3.08. The van der Waals surface area contributed by atoms with Crippen LogP contribution >= 0.6 is 11.6 Å². The van der Waals surface area contributed by atoms with Gasteiger partial charge < -0.3 is 15.0 Å². The molecule has 2 aromatic rings. The molecular weight excluding hydrogens is 383 g/mol. The number of benzene rings is 2. The maximum absolute atomic E-state index is 13.8. The maximum atomic E-state index is 13.8. The van der Waals surface area contributed by atoms with Crippen LogP contribution in [0, 0.1) is 11.7 Å². The minimum Gasteiger partial charge on any atom is -0.489 e. The van der Waals surface area contributed by atoms with Gasteiger partial charge in [0.2, 0.25) is 11.8 Å². The second-order valence-corrected chi connectivity index (χ2v) is 7.09. The lowest BCUT2D eigenvalue weighted by Gasteiger charge is -2.17. The zero-order chi connectivity index (χ0) is 20.1. The Kier molecular flexibility index (Phi) is 6.52. The van der Waals surface area contributed by atoms with Gasteiger partial charge in [0, 0.05) is 30.8 Å². The first-order valence-electron chi connectivity index (χ1n) is 9.23. The van der Waals surface area contributed by atoms with Gasteiger partial charge in [0.05, 0.1) is 10.9 Å². The molecular formula is C21H22ClFN2O3. The van der Waals surface area contributed by atoms with Crippen molar-refractivity contribution in [1.82, 2.24) is 5.32 Å². The highest BCUT2D eigenvalue weighted by molar-refractivity contribution is 6.31. The molecule has 1 atom stereocenters. The van der Waals surface area contributed by atoms with Crippen LogP contribution in [0.4, 0.5) is 10.1 Å². The Morgan fingerprint density at radius 2 is 2.04 bits per heavy atom. The van der Waals surface area contributed by atoms with Crippen molar-refractivity contribution in [3.63, 3.8) is 0 Å². The molecule has 1 N–H and O–H groups in total. The Bertz CT molecular complexity index is 837. The van der Waals surface area contributed by atoms with E-state index in [1.807, 2.05) is 6.92 Å². The third kappa shape index (κ3) is 4.62. The van der Waals surface area contributed by atoms with E-state index in [-0.39, 0.29) is 30.8 Å². The minimum atomic E-state index is -0.417. The van der Waals surface area contributed by atoms with Gasteiger partial charge in [-0.2, -0.15) is 0 Å². The van der Waals surface area contributed by atoms with Gasteiger partial charge in [-0.1, -0.05) is 24.6 Å². The monoisotopic (exact) mass is 404 g/mol. The zero-order valence-corrected chi connectivity index (χ0v) is 16.3. The van der Waals surface area contributed by atoms with Crippen molar-refractivity contribution in [3.05, 3.63) is 58.9 Å². The number of carbonyl (C=O) groups excluding carboxylic acids is 2. The fourth-order valence-electron chi connectivity index (χ4n) is 3.07. The Hall–Kier alpha value is -2.60. The van der Waals surface area contributed by atoms with Crippen molar-refractivity contribution >= 4 is 29.1 Å². The summed E-state index contributed by atoms with van der Waals surface area (Å²) in [4.78, 5) is 26.0. The summed E-state index contributed by atoms with van der Waals surface area (Å²) in [5.41, 5.74) is 0.996. The van der Waals surface area contributed by atoms with E-state index in [0.29, 0.717) is 35.1 Å². The van der Waals surface area contributed by atoms with E-state index in [4.69, 9.17) is 16.3 Å². The number of carbonyl (C=O) groups is 2. The number of hydrogen-bond acceptors (Lipinski definition) is 3. The first-order chi connectivity index (χ1) is 13.5. The lowest BCUT2D eigenvalue weighted by Crippen LogP contribution is -2.33. The van der Waals surface area contributed by atoms with Gasteiger partial charge in [-0.15, -0.1) is 0 Å². The van der Waals surface area contributed by atoms with Gasteiger partial charge >= 0.3 is 0 Å². The van der Waals surface area contributed by atoms with Gasteiger partial charge in [0.1, 0.15) is 18.2 Å². The highest BCUT2D eigenvalue weighted by Crippen LogP contribution is 2.28. The van der Waals surface area contributed by atoms with Gasteiger partial charge in [-0.3, -0.25) is 9.59 Å². The van der Waals surface area contributed by atoms with Crippen LogP contribution in [0.3, 0.4) is 0 Å². The van der Waals surface area contributed by atoms with E-state index in [1.54, 1.807) is 41.3 Å². The molecule has 0 saturated carbocycles. The topological polar surface area (TPSA) is 58.6 Å². The van der Waals surface area contributed by atoms with Crippen LogP contribution in [0.5, 0.6) is 5.75 Å². The number of hydrogen-bond donors (Lipinski definition) is 1. The van der Waals surface area contributed by atoms with Crippen molar-refractivity contribution in [3.8, 4) is 5.75 Å². The van der Waals surface area contributed by atoms with Crippen molar-refractivity contribution in [1.29, 1.82) is 0 Å². The molecule has 0 aliphatic carbocycles. The van der Waals surface area contributed by atoms with E-state index in [1.165, 1.54) is 6.07 Å². The van der Waals surface area contributed by atoms with Crippen molar-refractivity contribution < 1.29 is 18.7 Å². The molecule has 2 aromatic carbocycles. The molecule has 0 bridgehead atoms. The Balaban J connectivity index is 1.61. The number of nitrogens with zero attached hydrogens (tertiary/aromatic N) is 1. The standard InChI is InChI=1S/C21H22ClFN2O3/c1-2-10-24-21(27)14-11-20(26)25(12-14)15-6-8-16(9-7-15)28-13-17-18(22)4-3-5-19(17)23/h3-9,14H,2,10-13H2,1H3,(H,24,27). The number of nitrogens with one attached hydrogen (secondary N) is 1. The molecule has 28 heavy (non-hydrogen) atoms. The summed E-state index contributed by atoms with van der Waals surface area (Å²) < 4.78 is 19.4. The molecule has 0 aromatic heterocycles. The third-order valence-corrected chi connectivity index (χ3v) is 4.99. The summed E-state index contributed by atoms with van der Waals surface area (Å²) in [5.74, 6) is -0.382. The smallest absolute Gasteiger partial charge is 0.227 e. The Morgan fingerprint density at radius 1 is 1.29 bits per heavy atom. The van der Waals surface area contributed by atoms with E-state index in [2.05, 4.69) is 5.32 Å². The molecule has 1 aliphatic heterocycles. The first-order valence-corrected chi connectivity index (χ1v) is 9.61. The average molecular weight is 405 g/mol. The zero-order valence-electron chi connectivity index (χ0n) is 15.6. The van der Waals surface area contributed by atoms with Crippen LogP contribution in [0.15, 0.2) is 42.5 Å². The van der Waals surface area contributed by atoms with Crippen molar-refractivity contribution in [2.45, 2.75) is 26.4 Å². The summed E-state index contributed by atoms with van der Waals surface area (Å²) in [5, 5.41) is 3.15. The largest absolute Gasteiger partial charge is 0.489 e. The number of anilines is 1. The Labute approximate surface area is 168 Å². The SMILES string of the molecule is CCCNC(=O)C1CC(=O)N(c2ccc(OCc3c(F)cccc3Cl)cc2)C1. The van der Waals surface area contributed by atoms with Crippen LogP contribution in [0.25, 0.3) is 0 Å². The normalized spacial score (nSPS) is 16.3. The fraction of sp³-hybridized carbons (Fsp3) is 0.333. The van der Waals surface area contributed by atoms with E-state index < -0.39 is 5.82 Å². The van der Waals surface area contributed by atoms with Crippen LogP contribution < -0.4 is 15.0 Å². The molecule has 7 heteroatoms. The van der Waals surface area contributed by atoms with Crippen LogP contribution in [0.1, 0.15) is 25.3 Å². The summed E-state index contributed by atoms with van der Waals surface area (Å²) >= 11 is 6.00. The molecule has 0 radical (unpaired) electrons. The Morgan fingerprint density at radius 3 is 2.71 bits per heavy atom. The lowest BCUT2D eigenvalue weighted by atomic mass is 10.1. The molecule has 0 spiro atoms. The summed E-state index contributed by atoms with van der Waals surface area (Å²) in [6.07, 6.45) is 1.06. The highest BCUT2D eigenvalue weighted by atomic mass is 35.5. The molecule has 1 saturated heterocycles. The summed E-state index contributed by atoms with van der Waals surface area (Å²) in [7, 11) is 0. The van der Waals surface area contributed by atoms with E-state index in [0.717, 1.165) is 6.42 Å². The third-order valence-electron chi connectivity index (χ3n) is 4.64. The number of ether oxygens (including phenoxy) is 1. The first kappa shape index (κ1) is 20.1. The van der Waals surface area contributed by atoms with Gasteiger partial charge in [-0.05, 0) is 42.8 Å². The van der Waals surface area contributed by atoms with Crippen molar-refractivity contribution in [2.24, 2.45) is 5.92 Å². The second-order valence-electron chi connectivity index (χ2n) is 6.68. The molecule has 5 nitrogen and oxygen atoms in total. The molecule has 2 amide bonds. The van der Waals surface area contributed by atoms with Gasteiger partial charge in [0.15, 0.2) is 0 Å². The lowest BCUT2D eigenvalue weighted by molar-refractivity contribution is -0.126. The summed E-state index contributed by atoms with van der Waals surface area (Å²) in [6, 6.07) is 11.4. The number of rotatable bonds is 7. The minimum absolute atomic E-state index is 0.00712. The second kappa shape index (κ2) is 9.06. The highest BCUT2D eigenvalue weighted by Gasteiger charge is 2.34. The van der Waals surface area contributed by atoms with Gasteiger partial charge in [-0.25, -0.2) is 4.39 Å². The van der Waals surface area contributed by atoms with Gasteiger partial charge in [0.25, 0.3) is 0 Å². The quantitative estimate of drug-likeness (QED) is 0.760. The van der Waals surface area contributed by atoms with Crippen molar-refractivity contribution in [2.75, 3.05) is 18.0 Å². The molecule has 1 unspecified atom stereocenters. The number of amides is 2. The predicted molar refractivity (Wildman–Crippen MR) is 106 cm³/mol. The summed E-state index contributed by atoms with van der Waals surface area (Å²) in [6.45, 7) is 2.96. The van der Waals surface area contributed by atoms with E-state index >= 15 is 0 Å². The molecule has 1 fully saturated rings. The molecule has 1 aliphatic rings. The van der Waals surface area contributed by atoms with Crippen LogP contribution in [0.2, 0.25) is 5.02 Å². The molecule has 1 heterocycles. The van der Waals surface area contributed by atoms with E-state index in [9.17, 15) is 14.0 Å². The van der Waals surface area contributed by atoms with Crippen LogP contribution in [-0.4, -0.2) is 24.9 Å². The fourth-order valence-corrected chi connectivity index (χ4v) is 3.29. The van der Waals surface area contributed by atoms with Crippen LogP contribution in [-0.2, 0) is 16.2 Å².